The van der Waals surface area contributed by atoms with Crippen molar-refractivity contribution in [2.45, 2.75) is 58.4 Å². The van der Waals surface area contributed by atoms with Crippen LogP contribution in [-0.2, 0) is 42.9 Å². The predicted octanol–water partition coefficient (Wildman–Crippen LogP) is 1.75. The summed E-state index contributed by atoms with van der Waals surface area (Å²) in [6, 6.07) is 6.94. The standard InChI is InChI=1S/C20H23IO10/c1-10(22)26-9-16-17(27-11(2)23)18(28-12(3)24)19(29-13(4)25)20(31-16)30-15-7-5-14(21)6-8-15/h5-8,16-20H,9H2,1-4H3/t16?,17-,18-,19?,20+/m0/s1. The smallest absolute Gasteiger partial charge is 0.303 e. The Labute approximate surface area is 192 Å². The van der Waals surface area contributed by atoms with E-state index in [4.69, 9.17) is 28.4 Å². The summed E-state index contributed by atoms with van der Waals surface area (Å²) in [4.78, 5) is 46.5. The molecule has 0 radical (unpaired) electrons. The maximum Gasteiger partial charge on any atom is 0.303 e. The quantitative estimate of drug-likeness (QED) is 0.282. The van der Waals surface area contributed by atoms with Crippen LogP contribution in [0, 0.1) is 3.57 Å². The number of hydrogen-bond acceptors (Lipinski definition) is 10. The molecule has 0 saturated carbocycles. The van der Waals surface area contributed by atoms with Gasteiger partial charge in [-0.05, 0) is 46.9 Å². The Kier molecular flexibility index (Phi) is 9.04. The Morgan fingerprint density at radius 3 is 1.84 bits per heavy atom. The third-order valence-electron chi connectivity index (χ3n) is 4.01. The summed E-state index contributed by atoms with van der Waals surface area (Å²) in [5.41, 5.74) is 0. The fourth-order valence-electron chi connectivity index (χ4n) is 2.93. The monoisotopic (exact) mass is 550 g/mol. The molecule has 2 rings (SSSR count). The Morgan fingerprint density at radius 2 is 1.32 bits per heavy atom. The first-order chi connectivity index (χ1) is 14.6. The first-order valence-corrected chi connectivity index (χ1v) is 10.4. The van der Waals surface area contributed by atoms with Crippen LogP contribution < -0.4 is 4.74 Å². The predicted molar refractivity (Wildman–Crippen MR) is 112 cm³/mol. The van der Waals surface area contributed by atoms with Crippen molar-refractivity contribution in [1.29, 1.82) is 0 Å². The third-order valence-corrected chi connectivity index (χ3v) is 4.73. The van der Waals surface area contributed by atoms with Gasteiger partial charge in [-0.15, -0.1) is 0 Å². The molecule has 1 fully saturated rings. The van der Waals surface area contributed by atoms with Crippen LogP contribution in [0.3, 0.4) is 0 Å². The highest BCUT2D eigenvalue weighted by Gasteiger charge is 2.53. The minimum atomic E-state index is -1.27. The average Bonchev–Trinajstić information content (AvgIpc) is 2.65. The largest absolute Gasteiger partial charge is 0.463 e. The zero-order valence-corrected chi connectivity index (χ0v) is 19.5. The number of ether oxygens (including phenoxy) is 6. The summed E-state index contributed by atoms with van der Waals surface area (Å²) in [6.45, 7) is 4.36. The second-order valence-electron chi connectivity index (χ2n) is 6.64. The van der Waals surface area contributed by atoms with Gasteiger partial charge in [0.05, 0.1) is 0 Å². The molecule has 31 heavy (non-hydrogen) atoms. The highest BCUT2D eigenvalue weighted by molar-refractivity contribution is 14.1. The lowest BCUT2D eigenvalue weighted by Gasteiger charge is -2.43. The van der Waals surface area contributed by atoms with Gasteiger partial charge in [-0.3, -0.25) is 19.2 Å². The first kappa shape index (κ1) is 24.9. The molecule has 1 aromatic carbocycles. The minimum Gasteiger partial charge on any atom is -0.463 e. The van der Waals surface area contributed by atoms with Gasteiger partial charge >= 0.3 is 23.9 Å². The lowest BCUT2D eigenvalue weighted by Crippen LogP contribution is -2.63. The zero-order chi connectivity index (χ0) is 23.1. The van der Waals surface area contributed by atoms with Crippen molar-refractivity contribution < 1.29 is 47.6 Å². The van der Waals surface area contributed by atoms with E-state index in [0.717, 1.165) is 17.4 Å². The van der Waals surface area contributed by atoms with E-state index < -0.39 is 54.6 Å². The van der Waals surface area contributed by atoms with Crippen LogP contribution >= 0.6 is 22.6 Å². The van der Waals surface area contributed by atoms with E-state index in [2.05, 4.69) is 22.6 Å². The maximum absolute atomic E-state index is 11.8. The van der Waals surface area contributed by atoms with Crippen LogP contribution in [0.25, 0.3) is 0 Å². The molecule has 1 heterocycles. The molecule has 2 unspecified atom stereocenters. The molecule has 0 aromatic heterocycles. The van der Waals surface area contributed by atoms with Gasteiger partial charge in [0.25, 0.3) is 0 Å². The molecule has 1 aliphatic heterocycles. The van der Waals surface area contributed by atoms with E-state index in [0.29, 0.717) is 5.75 Å². The highest BCUT2D eigenvalue weighted by Crippen LogP contribution is 2.31. The van der Waals surface area contributed by atoms with Gasteiger partial charge in [-0.2, -0.15) is 0 Å². The van der Waals surface area contributed by atoms with Crippen LogP contribution in [0.4, 0.5) is 0 Å². The van der Waals surface area contributed by atoms with E-state index in [9.17, 15) is 19.2 Å². The lowest BCUT2D eigenvalue weighted by atomic mass is 9.98. The molecule has 0 aliphatic carbocycles. The van der Waals surface area contributed by atoms with Crippen molar-refractivity contribution in [2.24, 2.45) is 0 Å². The SMILES string of the molecule is CC(=O)OCC1O[C@@H](Oc2ccc(I)cc2)C(OC(C)=O)[C@@H](OC(C)=O)[C@H]1OC(C)=O. The minimum absolute atomic E-state index is 0.315. The highest BCUT2D eigenvalue weighted by atomic mass is 127. The van der Waals surface area contributed by atoms with E-state index in [1.807, 2.05) is 0 Å². The van der Waals surface area contributed by atoms with E-state index >= 15 is 0 Å². The van der Waals surface area contributed by atoms with Gasteiger partial charge in [0.15, 0.2) is 12.2 Å². The summed E-state index contributed by atoms with van der Waals surface area (Å²) < 4.78 is 33.7. The van der Waals surface area contributed by atoms with Crippen molar-refractivity contribution in [3.05, 3.63) is 27.8 Å². The molecule has 5 atom stereocenters. The number of carbonyl (C=O) groups excluding carboxylic acids is 4. The number of halogens is 1. The molecular weight excluding hydrogens is 527 g/mol. The summed E-state index contributed by atoms with van der Waals surface area (Å²) in [5, 5.41) is 0. The molecule has 170 valence electrons. The van der Waals surface area contributed by atoms with E-state index in [1.54, 1.807) is 24.3 Å². The molecule has 0 amide bonds. The second kappa shape index (κ2) is 11.3. The van der Waals surface area contributed by atoms with Crippen molar-refractivity contribution in [3.63, 3.8) is 0 Å². The average molecular weight is 550 g/mol. The number of esters is 4. The fourth-order valence-corrected chi connectivity index (χ4v) is 3.29. The normalized spacial score (nSPS) is 25.1. The Morgan fingerprint density at radius 1 is 0.806 bits per heavy atom. The molecule has 0 bridgehead atoms. The molecule has 1 aromatic rings. The van der Waals surface area contributed by atoms with Crippen LogP contribution in [0.2, 0.25) is 0 Å². The summed E-state index contributed by atoms with van der Waals surface area (Å²) in [7, 11) is 0. The number of rotatable bonds is 7. The van der Waals surface area contributed by atoms with Gasteiger partial charge in [0.2, 0.25) is 12.4 Å². The van der Waals surface area contributed by atoms with E-state index in [1.165, 1.54) is 13.8 Å². The van der Waals surface area contributed by atoms with Crippen LogP contribution in [0.15, 0.2) is 24.3 Å². The van der Waals surface area contributed by atoms with Gasteiger partial charge in [0, 0.05) is 31.3 Å². The van der Waals surface area contributed by atoms with Gasteiger partial charge in [-0.1, -0.05) is 0 Å². The summed E-state index contributed by atoms with van der Waals surface area (Å²) >= 11 is 2.13. The van der Waals surface area contributed by atoms with Crippen molar-refractivity contribution in [3.8, 4) is 5.75 Å². The molecule has 1 aliphatic rings. The van der Waals surface area contributed by atoms with Crippen LogP contribution in [0.1, 0.15) is 27.7 Å². The zero-order valence-electron chi connectivity index (χ0n) is 17.4. The van der Waals surface area contributed by atoms with Gasteiger partial charge < -0.3 is 28.4 Å². The van der Waals surface area contributed by atoms with E-state index in [-0.39, 0.29) is 6.61 Å². The van der Waals surface area contributed by atoms with Crippen LogP contribution in [0.5, 0.6) is 5.75 Å². The Balaban J connectivity index is 2.43. The molecular formula is C20H23IO10. The third kappa shape index (κ3) is 7.65. The molecule has 11 heteroatoms. The molecule has 1 saturated heterocycles. The number of carbonyl (C=O) groups is 4. The van der Waals surface area contributed by atoms with Gasteiger partial charge in [0.1, 0.15) is 18.5 Å². The molecule has 0 spiro atoms. The Hall–Kier alpha value is -2.41. The molecule has 0 N–H and O–H groups in total. The van der Waals surface area contributed by atoms with Crippen molar-refractivity contribution >= 4 is 46.5 Å². The van der Waals surface area contributed by atoms with Crippen molar-refractivity contribution in [1.82, 2.24) is 0 Å². The maximum atomic E-state index is 11.8. The summed E-state index contributed by atoms with van der Waals surface area (Å²) in [5.74, 6) is -2.30. The number of hydrogen-bond donors (Lipinski definition) is 0. The lowest BCUT2D eigenvalue weighted by molar-refractivity contribution is -0.288. The molecule has 10 nitrogen and oxygen atoms in total. The fraction of sp³-hybridized carbons (Fsp3) is 0.500. The van der Waals surface area contributed by atoms with Crippen molar-refractivity contribution in [2.75, 3.05) is 6.61 Å². The second-order valence-corrected chi connectivity index (χ2v) is 7.89. The van der Waals surface area contributed by atoms with Gasteiger partial charge in [-0.25, -0.2) is 0 Å². The first-order valence-electron chi connectivity index (χ1n) is 9.29. The topological polar surface area (TPSA) is 124 Å². The van der Waals surface area contributed by atoms with Crippen LogP contribution in [-0.4, -0.2) is 61.2 Å². The summed E-state index contributed by atoms with van der Waals surface area (Å²) in [6.07, 6.45) is -6.06. The number of benzene rings is 1. The Bertz CT molecular complexity index is 809.